The molecule has 2 heterocycles. The second-order valence-corrected chi connectivity index (χ2v) is 10.2. The number of carbonyl (C=O) groups is 4. The molecule has 1 fully saturated rings. The van der Waals surface area contributed by atoms with Crippen LogP contribution in [0.1, 0.15) is 17.9 Å². The minimum Gasteiger partial charge on any atom is -0.493 e. The maximum absolute atomic E-state index is 13.2. The Bertz CT molecular complexity index is 1210. The standard InChI is InChI=1S/C19H20FNO3.C10H16N2O8/c20-15-3-1-13(2-4-15)17-7-8-21-10-14(17)11-22-16-5-6-18-19(9-16)24-12-23-18;13-7(14)3-11(4-8(15)16)1-2-12(5-9(17)18)6-10(19)20/h1-6,9,14,17,21H,7-8,10-12H2;1-6H2,(H,13,14)(H,15,16)(H,17,18)(H,19,20)/t14-,17-;/m0./s1. The van der Waals surface area contributed by atoms with Crippen LogP contribution in [0.25, 0.3) is 0 Å². The van der Waals surface area contributed by atoms with E-state index in [1.54, 1.807) is 0 Å². The van der Waals surface area contributed by atoms with Gasteiger partial charge in [-0.3, -0.25) is 29.0 Å². The zero-order valence-corrected chi connectivity index (χ0v) is 23.9. The molecule has 2 atom stereocenters. The summed E-state index contributed by atoms with van der Waals surface area (Å²) in [5.41, 5.74) is 1.18. The van der Waals surface area contributed by atoms with Gasteiger partial charge in [0.1, 0.15) is 11.6 Å². The molecule has 14 nitrogen and oxygen atoms in total. The molecule has 5 N–H and O–H groups in total. The summed E-state index contributed by atoms with van der Waals surface area (Å²) < 4.78 is 29.9. The zero-order valence-electron chi connectivity index (χ0n) is 23.9. The number of fused-ring (bicyclic) bond motifs is 1. The number of halogens is 1. The summed E-state index contributed by atoms with van der Waals surface area (Å²) >= 11 is 0. The number of hydrogen-bond acceptors (Lipinski definition) is 10. The SMILES string of the molecule is Fc1ccc([C@@H]2CCNC[C@H]2COc2ccc3c(c2)OCO3)cc1.O=C(O)CN(CCN(CC(=O)O)CC(=O)O)CC(=O)O. The zero-order chi connectivity index (χ0) is 32.1. The summed E-state index contributed by atoms with van der Waals surface area (Å²) in [5, 5.41) is 37.9. The molecular formula is C29H36FN3O11. The fraction of sp³-hybridized carbons (Fsp3) is 0.448. The predicted molar refractivity (Wildman–Crippen MR) is 152 cm³/mol. The second kappa shape index (κ2) is 17.0. The van der Waals surface area contributed by atoms with Crippen LogP contribution in [-0.2, 0) is 19.2 Å². The highest BCUT2D eigenvalue weighted by atomic mass is 19.1. The van der Waals surface area contributed by atoms with Crippen molar-refractivity contribution in [2.45, 2.75) is 12.3 Å². The summed E-state index contributed by atoms with van der Waals surface area (Å²) in [4.78, 5) is 44.4. The topological polar surface area (TPSA) is 195 Å². The van der Waals surface area contributed by atoms with Crippen LogP contribution in [0.5, 0.6) is 17.2 Å². The molecule has 4 rings (SSSR count). The quantitative estimate of drug-likeness (QED) is 0.191. The van der Waals surface area contributed by atoms with E-state index < -0.39 is 50.1 Å². The molecular weight excluding hydrogens is 585 g/mol. The molecule has 2 aromatic rings. The molecule has 2 aliphatic heterocycles. The molecule has 0 saturated carbocycles. The Morgan fingerprint density at radius 3 is 1.91 bits per heavy atom. The Kier molecular flexibility index (Phi) is 13.1. The molecule has 2 aliphatic rings. The van der Waals surface area contributed by atoms with E-state index in [4.69, 9.17) is 34.6 Å². The summed E-state index contributed by atoms with van der Waals surface area (Å²) in [6.07, 6.45) is 1.03. The highest BCUT2D eigenvalue weighted by Gasteiger charge is 2.27. The highest BCUT2D eigenvalue weighted by Crippen LogP contribution is 2.36. The van der Waals surface area contributed by atoms with Gasteiger partial charge < -0.3 is 40.0 Å². The number of nitrogens with zero attached hydrogens (tertiary/aromatic N) is 2. The van der Waals surface area contributed by atoms with Gasteiger partial charge in [-0.25, -0.2) is 4.39 Å². The van der Waals surface area contributed by atoms with Crippen LogP contribution in [0, 0.1) is 11.7 Å². The van der Waals surface area contributed by atoms with Crippen molar-refractivity contribution in [3.63, 3.8) is 0 Å². The van der Waals surface area contributed by atoms with Crippen molar-refractivity contribution in [3.8, 4) is 17.2 Å². The Hall–Kier alpha value is -4.47. The molecule has 240 valence electrons. The number of benzene rings is 2. The Balaban J connectivity index is 0.000000246. The van der Waals surface area contributed by atoms with Crippen LogP contribution in [0.4, 0.5) is 4.39 Å². The number of carboxylic acids is 4. The van der Waals surface area contributed by atoms with E-state index in [9.17, 15) is 23.6 Å². The van der Waals surface area contributed by atoms with Crippen LogP contribution < -0.4 is 19.5 Å². The average molecular weight is 622 g/mol. The third-order valence-electron chi connectivity index (χ3n) is 6.88. The number of rotatable bonds is 15. The first-order valence-electron chi connectivity index (χ1n) is 13.8. The third-order valence-corrected chi connectivity index (χ3v) is 6.88. The summed E-state index contributed by atoms with van der Waals surface area (Å²) in [5.74, 6) is -2.12. The summed E-state index contributed by atoms with van der Waals surface area (Å²) in [6, 6.07) is 12.5. The van der Waals surface area contributed by atoms with Crippen molar-refractivity contribution < 1.29 is 58.2 Å². The van der Waals surface area contributed by atoms with Gasteiger partial charge in [0, 0.05) is 31.6 Å². The average Bonchev–Trinajstić information content (AvgIpc) is 3.43. The number of piperidine rings is 1. The van der Waals surface area contributed by atoms with E-state index in [2.05, 4.69) is 5.32 Å². The molecule has 1 saturated heterocycles. The first-order valence-corrected chi connectivity index (χ1v) is 13.8. The van der Waals surface area contributed by atoms with Gasteiger partial charge in [-0.1, -0.05) is 12.1 Å². The van der Waals surface area contributed by atoms with Crippen LogP contribution in [-0.4, -0.2) is 120 Å². The molecule has 0 aromatic heterocycles. The molecule has 0 amide bonds. The van der Waals surface area contributed by atoms with Crippen molar-refractivity contribution in [1.29, 1.82) is 0 Å². The van der Waals surface area contributed by atoms with Crippen molar-refractivity contribution in [2.24, 2.45) is 5.92 Å². The number of hydrogen-bond donors (Lipinski definition) is 5. The van der Waals surface area contributed by atoms with Crippen molar-refractivity contribution in [3.05, 3.63) is 53.8 Å². The lowest BCUT2D eigenvalue weighted by Crippen LogP contribution is -2.43. The van der Waals surface area contributed by atoms with Gasteiger partial charge >= 0.3 is 23.9 Å². The molecule has 0 radical (unpaired) electrons. The number of ether oxygens (including phenoxy) is 3. The van der Waals surface area contributed by atoms with Gasteiger partial charge in [-0.2, -0.15) is 0 Å². The minimum absolute atomic E-state index is 0.0703. The third kappa shape index (κ3) is 11.7. The second-order valence-electron chi connectivity index (χ2n) is 10.2. The van der Waals surface area contributed by atoms with Gasteiger partial charge in [0.2, 0.25) is 6.79 Å². The summed E-state index contributed by atoms with van der Waals surface area (Å²) in [6.45, 7) is 0.487. The predicted octanol–water partition coefficient (Wildman–Crippen LogP) is 1.26. The molecule has 0 spiro atoms. The van der Waals surface area contributed by atoms with E-state index in [-0.39, 0.29) is 25.7 Å². The highest BCUT2D eigenvalue weighted by molar-refractivity contribution is 5.73. The molecule has 0 aliphatic carbocycles. The van der Waals surface area contributed by atoms with E-state index in [0.29, 0.717) is 18.4 Å². The monoisotopic (exact) mass is 621 g/mol. The van der Waals surface area contributed by atoms with Gasteiger partial charge in [0.25, 0.3) is 0 Å². The smallest absolute Gasteiger partial charge is 0.317 e. The summed E-state index contributed by atoms with van der Waals surface area (Å²) in [7, 11) is 0. The lowest BCUT2D eigenvalue weighted by molar-refractivity contribution is -0.145. The Labute approximate surface area is 252 Å². The Morgan fingerprint density at radius 2 is 1.36 bits per heavy atom. The first-order chi connectivity index (χ1) is 21.0. The van der Waals surface area contributed by atoms with Gasteiger partial charge in [0.05, 0.1) is 32.8 Å². The fourth-order valence-corrected chi connectivity index (χ4v) is 4.89. The van der Waals surface area contributed by atoms with Crippen LogP contribution >= 0.6 is 0 Å². The largest absolute Gasteiger partial charge is 0.493 e. The van der Waals surface area contributed by atoms with E-state index >= 15 is 0 Å². The number of carboxylic acid groups (broad SMARTS) is 4. The minimum atomic E-state index is -1.23. The van der Waals surface area contributed by atoms with Crippen molar-refractivity contribution >= 4 is 23.9 Å². The number of aliphatic carboxylic acids is 4. The number of nitrogens with one attached hydrogen (secondary N) is 1. The molecule has 0 unspecified atom stereocenters. The fourth-order valence-electron chi connectivity index (χ4n) is 4.89. The lowest BCUT2D eigenvalue weighted by Gasteiger charge is -2.32. The van der Waals surface area contributed by atoms with E-state index in [0.717, 1.165) is 46.6 Å². The van der Waals surface area contributed by atoms with Crippen LogP contribution in [0.3, 0.4) is 0 Å². The van der Waals surface area contributed by atoms with E-state index in [1.165, 1.54) is 17.7 Å². The van der Waals surface area contributed by atoms with Gasteiger partial charge in [0.15, 0.2) is 11.5 Å². The van der Waals surface area contributed by atoms with E-state index in [1.807, 2.05) is 30.3 Å². The van der Waals surface area contributed by atoms with Gasteiger partial charge in [-0.15, -0.1) is 0 Å². The van der Waals surface area contributed by atoms with Crippen LogP contribution in [0.2, 0.25) is 0 Å². The molecule has 0 bridgehead atoms. The maximum atomic E-state index is 13.2. The molecule has 44 heavy (non-hydrogen) atoms. The van der Waals surface area contributed by atoms with Gasteiger partial charge in [-0.05, 0) is 48.7 Å². The van der Waals surface area contributed by atoms with Crippen molar-refractivity contribution in [1.82, 2.24) is 15.1 Å². The van der Waals surface area contributed by atoms with Crippen LogP contribution in [0.15, 0.2) is 42.5 Å². The first kappa shape index (κ1) is 34.0. The lowest BCUT2D eigenvalue weighted by atomic mass is 9.81. The normalized spacial score (nSPS) is 17.1. The Morgan fingerprint density at radius 1 is 0.818 bits per heavy atom. The maximum Gasteiger partial charge on any atom is 0.317 e. The molecule has 15 heteroatoms. The van der Waals surface area contributed by atoms with Crippen molar-refractivity contribution in [2.75, 3.05) is 65.8 Å². The molecule has 2 aromatic carbocycles.